The number of carbonyl (C=O) groups is 2. The third-order valence-corrected chi connectivity index (χ3v) is 2.95. The van der Waals surface area contributed by atoms with Gasteiger partial charge in [-0.1, -0.05) is 29.8 Å². The quantitative estimate of drug-likeness (QED) is 0.762. The van der Waals surface area contributed by atoms with Crippen LogP contribution in [0.4, 0.5) is 0 Å². The molecule has 0 radical (unpaired) electrons. The maximum absolute atomic E-state index is 11.6. The molecule has 1 rings (SSSR count). The average molecular weight is 286 g/mol. The van der Waals surface area contributed by atoms with E-state index in [1.54, 1.807) is 6.07 Å². The van der Waals surface area contributed by atoms with E-state index in [9.17, 15) is 9.59 Å². The van der Waals surface area contributed by atoms with Crippen molar-refractivity contribution in [3.8, 4) is 0 Å². The molecule has 104 valence electrons. The zero-order valence-electron chi connectivity index (χ0n) is 10.6. The second-order valence-electron chi connectivity index (χ2n) is 3.92. The first-order valence-electron chi connectivity index (χ1n) is 5.80. The van der Waals surface area contributed by atoms with Crippen molar-refractivity contribution in [2.24, 2.45) is 0 Å². The van der Waals surface area contributed by atoms with Crippen molar-refractivity contribution in [1.82, 2.24) is 5.32 Å². The molecule has 0 heterocycles. The number of aliphatic hydroxyl groups is 1. The number of rotatable bonds is 6. The van der Waals surface area contributed by atoms with E-state index in [1.165, 1.54) is 7.11 Å². The molecule has 0 aliphatic heterocycles. The van der Waals surface area contributed by atoms with Crippen LogP contribution in [0.2, 0.25) is 5.02 Å². The highest BCUT2D eigenvalue weighted by molar-refractivity contribution is 6.31. The average Bonchev–Trinajstić information content (AvgIpc) is 2.43. The van der Waals surface area contributed by atoms with Gasteiger partial charge in [0.2, 0.25) is 5.91 Å². The molecule has 0 fully saturated rings. The van der Waals surface area contributed by atoms with Crippen LogP contribution in [0.25, 0.3) is 0 Å². The summed E-state index contributed by atoms with van der Waals surface area (Å²) in [6, 6.07) is 6.21. The van der Waals surface area contributed by atoms with Crippen LogP contribution in [0.15, 0.2) is 24.3 Å². The second-order valence-corrected chi connectivity index (χ2v) is 4.32. The van der Waals surface area contributed by atoms with Gasteiger partial charge in [-0.3, -0.25) is 4.79 Å². The number of hydrogen-bond acceptors (Lipinski definition) is 4. The van der Waals surface area contributed by atoms with Crippen LogP contribution in [0.3, 0.4) is 0 Å². The maximum atomic E-state index is 11.6. The van der Waals surface area contributed by atoms with Crippen LogP contribution < -0.4 is 5.32 Å². The molecule has 0 aliphatic rings. The first-order chi connectivity index (χ1) is 9.08. The molecule has 1 aromatic rings. The molecule has 1 atom stereocenters. The summed E-state index contributed by atoms with van der Waals surface area (Å²) in [6.07, 6.45) is 0.641. The van der Waals surface area contributed by atoms with E-state index in [2.05, 4.69) is 10.1 Å². The Morgan fingerprint density at radius 2 is 2.11 bits per heavy atom. The van der Waals surface area contributed by atoms with E-state index in [0.717, 1.165) is 5.56 Å². The van der Waals surface area contributed by atoms with Gasteiger partial charge in [-0.05, 0) is 18.1 Å². The Morgan fingerprint density at radius 3 is 2.68 bits per heavy atom. The van der Waals surface area contributed by atoms with Gasteiger partial charge in [0.15, 0.2) is 6.04 Å². The number of aryl methyl sites for hydroxylation is 1. The van der Waals surface area contributed by atoms with E-state index >= 15 is 0 Å². The molecular weight excluding hydrogens is 270 g/mol. The number of amides is 1. The molecule has 5 nitrogen and oxygen atoms in total. The van der Waals surface area contributed by atoms with Gasteiger partial charge in [-0.15, -0.1) is 0 Å². The van der Waals surface area contributed by atoms with Crippen molar-refractivity contribution in [1.29, 1.82) is 0 Å². The summed E-state index contributed by atoms with van der Waals surface area (Å²) >= 11 is 5.97. The Hall–Kier alpha value is -1.59. The van der Waals surface area contributed by atoms with Gasteiger partial charge in [0.1, 0.15) is 0 Å². The van der Waals surface area contributed by atoms with Gasteiger partial charge in [0, 0.05) is 11.4 Å². The van der Waals surface area contributed by atoms with E-state index in [1.807, 2.05) is 18.2 Å². The number of aliphatic hydroxyl groups excluding tert-OH is 1. The lowest BCUT2D eigenvalue weighted by molar-refractivity contribution is -0.146. The topological polar surface area (TPSA) is 75.6 Å². The highest BCUT2D eigenvalue weighted by Crippen LogP contribution is 2.16. The molecule has 19 heavy (non-hydrogen) atoms. The third-order valence-electron chi connectivity index (χ3n) is 2.58. The molecule has 2 N–H and O–H groups in total. The predicted molar refractivity (Wildman–Crippen MR) is 70.8 cm³/mol. The summed E-state index contributed by atoms with van der Waals surface area (Å²) in [5.74, 6) is -1.02. The van der Waals surface area contributed by atoms with E-state index in [0.29, 0.717) is 11.4 Å². The van der Waals surface area contributed by atoms with Crippen LogP contribution in [-0.4, -0.2) is 36.7 Å². The highest BCUT2D eigenvalue weighted by Gasteiger charge is 2.20. The van der Waals surface area contributed by atoms with Crippen molar-refractivity contribution < 1.29 is 19.4 Å². The molecule has 0 spiro atoms. The summed E-state index contributed by atoms with van der Waals surface area (Å²) in [5.41, 5.74) is 0.859. The van der Waals surface area contributed by atoms with E-state index in [-0.39, 0.29) is 12.3 Å². The van der Waals surface area contributed by atoms with Gasteiger partial charge in [-0.2, -0.15) is 0 Å². The molecule has 0 aliphatic carbocycles. The van der Waals surface area contributed by atoms with Gasteiger partial charge in [0.05, 0.1) is 13.7 Å². The lowest BCUT2D eigenvalue weighted by atomic mass is 10.1. The van der Waals surface area contributed by atoms with Crippen LogP contribution in [-0.2, 0) is 20.7 Å². The van der Waals surface area contributed by atoms with Crippen LogP contribution >= 0.6 is 11.6 Å². The smallest absolute Gasteiger partial charge is 0.330 e. The molecule has 1 amide bonds. The van der Waals surface area contributed by atoms with Crippen molar-refractivity contribution in [2.45, 2.75) is 18.9 Å². The number of ether oxygens (including phenoxy) is 1. The van der Waals surface area contributed by atoms with Gasteiger partial charge >= 0.3 is 5.97 Å². The number of benzene rings is 1. The zero-order valence-corrected chi connectivity index (χ0v) is 11.3. The summed E-state index contributed by atoms with van der Waals surface area (Å²) in [7, 11) is 1.20. The molecule has 0 aromatic heterocycles. The number of methoxy groups -OCH3 is 1. The molecule has 0 bridgehead atoms. The largest absolute Gasteiger partial charge is 0.467 e. The fourth-order valence-electron chi connectivity index (χ4n) is 1.54. The second kappa shape index (κ2) is 7.76. The molecule has 0 saturated carbocycles. The fraction of sp³-hybridized carbons (Fsp3) is 0.385. The Morgan fingerprint density at radius 1 is 1.42 bits per heavy atom. The lowest BCUT2D eigenvalue weighted by Gasteiger charge is -2.13. The number of esters is 1. The third kappa shape index (κ3) is 4.89. The summed E-state index contributed by atoms with van der Waals surface area (Å²) in [4.78, 5) is 22.8. The Bertz CT molecular complexity index is 450. The van der Waals surface area contributed by atoms with E-state index in [4.69, 9.17) is 16.7 Å². The first kappa shape index (κ1) is 15.5. The Balaban J connectivity index is 2.48. The van der Waals surface area contributed by atoms with Gasteiger partial charge < -0.3 is 15.2 Å². The van der Waals surface area contributed by atoms with Crippen molar-refractivity contribution >= 4 is 23.5 Å². The SMILES string of the molecule is COC(=O)C(CO)NC(=O)CCc1ccccc1Cl. The number of nitrogens with one attached hydrogen (secondary N) is 1. The van der Waals surface area contributed by atoms with Crippen molar-refractivity contribution in [3.63, 3.8) is 0 Å². The van der Waals surface area contributed by atoms with Crippen molar-refractivity contribution in [2.75, 3.05) is 13.7 Å². The highest BCUT2D eigenvalue weighted by atomic mass is 35.5. The van der Waals surface area contributed by atoms with E-state index < -0.39 is 18.6 Å². The van der Waals surface area contributed by atoms with Crippen molar-refractivity contribution in [3.05, 3.63) is 34.9 Å². The van der Waals surface area contributed by atoms with Gasteiger partial charge in [-0.25, -0.2) is 4.79 Å². The zero-order chi connectivity index (χ0) is 14.3. The first-order valence-corrected chi connectivity index (χ1v) is 6.17. The lowest BCUT2D eigenvalue weighted by Crippen LogP contribution is -2.44. The molecular formula is C13H16ClNO4. The summed E-state index contributed by atoms with van der Waals surface area (Å²) < 4.78 is 4.45. The minimum atomic E-state index is -1.02. The monoisotopic (exact) mass is 285 g/mol. The molecule has 0 saturated heterocycles. The summed E-state index contributed by atoms with van der Waals surface area (Å²) in [6.45, 7) is -0.496. The minimum Gasteiger partial charge on any atom is -0.467 e. The molecule has 1 aromatic carbocycles. The number of hydrogen-bond donors (Lipinski definition) is 2. The molecule has 1 unspecified atom stereocenters. The summed E-state index contributed by atoms with van der Waals surface area (Å²) in [5, 5.41) is 12.0. The standard InChI is InChI=1S/C13H16ClNO4/c1-19-13(18)11(8-16)15-12(17)7-6-9-4-2-3-5-10(9)14/h2-5,11,16H,6-8H2,1H3,(H,15,17). The fourth-order valence-corrected chi connectivity index (χ4v) is 1.77. The van der Waals surface area contributed by atoms with Crippen LogP contribution in [0, 0.1) is 0 Å². The van der Waals surface area contributed by atoms with Crippen LogP contribution in [0.1, 0.15) is 12.0 Å². The maximum Gasteiger partial charge on any atom is 0.330 e. The number of halogens is 1. The predicted octanol–water partition coefficient (Wildman–Crippen LogP) is 0.923. The normalized spacial score (nSPS) is 11.7. The Labute approximate surface area is 116 Å². The minimum absolute atomic E-state index is 0.178. The molecule has 6 heteroatoms. The van der Waals surface area contributed by atoms with Gasteiger partial charge in [0.25, 0.3) is 0 Å². The number of carbonyl (C=O) groups excluding carboxylic acids is 2. The Kier molecular flexibility index (Phi) is 6.32. The van der Waals surface area contributed by atoms with Crippen LogP contribution in [0.5, 0.6) is 0 Å².